The fraction of sp³-hybridized carbons (Fsp3) is 0.643. The summed E-state index contributed by atoms with van der Waals surface area (Å²) in [7, 11) is 3.71. The Morgan fingerprint density at radius 3 is 2.30 bits per heavy atom. The fourth-order valence-corrected chi connectivity index (χ4v) is 1.97. The minimum atomic E-state index is -0.217. The van der Waals surface area contributed by atoms with Gasteiger partial charge in [-0.1, -0.05) is 12.8 Å². The first-order chi connectivity index (χ1) is 9.50. The number of hydrogen-bond donors (Lipinski definition) is 1. The van der Waals surface area contributed by atoms with Crippen LogP contribution in [0.15, 0.2) is 12.2 Å². The molecule has 0 spiro atoms. The Morgan fingerprint density at radius 2 is 1.70 bits per heavy atom. The fourth-order valence-electron chi connectivity index (χ4n) is 1.97. The molecular weight excluding hydrogens is 258 g/mol. The van der Waals surface area contributed by atoms with E-state index in [9.17, 15) is 14.4 Å². The molecular formula is C14H23N3O3. The van der Waals surface area contributed by atoms with Crippen molar-refractivity contribution in [2.75, 3.05) is 33.7 Å². The maximum absolute atomic E-state index is 11.3. The molecule has 3 amide bonds. The van der Waals surface area contributed by atoms with Crippen molar-refractivity contribution in [3.63, 3.8) is 0 Å². The van der Waals surface area contributed by atoms with Crippen molar-refractivity contribution < 1.29 is 14.4 Å². The first kappa shape index (κ1) is 16.4. The Hall–Kier alpha value is -1.69. The summed E-state index contributed by atoms with van der Waals surface area (Å²) in [5.74, 6) is -0.397. The summed E-state index contributed by atoms with van der Waals surface area (Å²) in [6.07, 6.45) is 6.27. The summed E-state index contributed by atoms with van der Waals surface area (Å²) in [4.78, 5) is 37.0. The van der Waals surface area contributed by atoms with E-state index in [1.807, 2.05) is 19.0 Å². The predicted octanol–water partition coefficient (Wildman–Crippen LogP) is 0.150. The lowest BCUT2D eigenvalue weighted by Gasteiger charge is -2.13. The number of nitrogens with zero attached hydrogens (tertiary/aromatic N) is 2. The molecule has 6 heteroatoms. The van der Waals surface area contributed by atoms with E-state index in [2.05, 4.69) is 5.32 Å². The summed E-state index contributed by atoms with van der Waals surface area (Å²) in [5.41, 5.74) is 0. The molecule has 0 saturated heterocycles. The van der Waals surface area contributed by atoms with Gasteiger partial charge in [0.1, 0.15) is 0 Å². The molecule has 0 atom stereocenters. The van der Waals surface area contributed by atoms with E-state index in [1.165, 1.54) is 17.1 Å². The topological polar surface area (TPSA) is 69.7 Å². The maximum atomic E-state index is 11.3. The molecule has 0 aliphatic carbocycles. The zero-order valence-corrected chi connectivity index (χ0v) is 12.2. The van der Waals surface area contributed by atoms with Gasteiger partial charge in [-0.3, -0.25) is 19.3 Å². The summed E-state index contributed by atoms with van der Waals surface area (Å²) in [6, 6.07) is 0. The van der Waals surface area contributed by atoms with Gasteiger partial charge in [-0.15, -0.1) is 0 Å². The molecule has 1 aliphatic rings. The molecule has 1 N–H and O–H groups in total. The van der Waals surface area contributed by atoms with Crippen molar-refractivity contribution in [2.45, 2.75) is 25.7 Å². The van der Waals surface area contributed by atoms with E-state index in [1.54, 1.807) is 0 Å². The number of hydrogen-bond acceptors (Lipinski definition) is 4. The molecule has 1 rings (SSSR count). The van der Waals surface area contributed by atoms with Crippen molar-refractivity contribution in [3.05, 3.63) is 12.2 Å². The van der Waals surface area contributed by atoms with Gasteiger partial charge in [-0.2, -0.15) is 0 Å². The molecule has 20 heavy (non-hydrogen) atoms. The molecule has 0 fully saturated rings. The van der Waals surface area contributed by atoms with E-state index < -0.39 is 0 Å². The van der Waals surface area contributed by atoms with Gasteiger partial charge in [0.05, 0.1) is 6.54 Å². The van der Waals surface area contributed by atoms with Crippen LogP contribution in [0, 0.1) is 0 Å². The van der Waals surface area contributed by atoms with Gasteiger partial charge >= 0.3 is 0 Å². The van der Waals surface area contributed by atoms with Gasteiger partial charge in [-0.05, 0) is 26.9 Å². The number of imide groups is 1. The second kappa shape index (κ2) is 8.47. The second-order valence-corrected chi connectivity index (χ2v) is 5.16. The third-order valence-corrected chi connectivity index (χ3v) is 2.99. The van der Waals surface area contributed by atoms with E-state index in [0.717, 1.165) is 25.7 Å². The summed E-state index contributed by atoms with van der Waals surface area (Å²) < 4.78 is 0. The highest BCUT2D eigenvalue weighted by atomic mass is 16.2. The van der Waals surface area contributed by atoms with Crippen LogP contribution in [-0.4, -0.2) is 61.3 Å². The quantitative estimate of drug-likeness (QED) is 0.482. The number of carbonyl (C=O) groups is 3. The normalized spacial score (nSPS) is 14.4. The minimum Gasteiger partial charge on any atom is -0.355 e. The third-order valence-electron chi connectivity index (χ3n) is 2.99. The molecule has 0 radical (unpaired) electrons. The van der Waals surface area contributed by atoms with Crippen LogP contribution in [0.1, 0.15) is 25.7 Å². The first-order valence-electron chi connectivity index (χ1n) is 6.95. The zero-order valence-electron chi connectivity index (χ0n) is 12.2. The standard InChI is InChI=1S/C14H23N3O3/c1-16(2)11-12(18)15-9-5-3-4-6-10-17-13(19)7-8-14(17)20/h7-8H,3-6,9-11H2,1-2H3,(H,15,18). The average Bonchev–Trinajstić information content (AvgIpc) is 2.68. The van der Waals surface area contributed by atoms with Crippen molar-refractivity contribution >= 4 is 17.7 Å². The Balaban J connectivity index is 1.96. The van der Waals surface area contributed by atoms with E-state index in [-0.39, 0.29) is 17.7 Å². The Bertz CT molecular complexity index is 373. The van der Waals surface area contributed by atoms with Crippen LogP contribution in [0.3, 0.4) is 0 Å². The number of likely N-dealkylation sites (N-methyl/N-ethyl adjacent to an activating group) is 1. The van der Waals surface area contributed by atoms with Crippen molar-refractivity contribution in [1.29, 1.82) is 0 Å². The number of unbranched alkanes of at least 4 members (excludes halogenated alkanes) is 3. The zero-order chi connectivity index (χ0) is 15.0. The molecule has 0 aromatic heterocycles. The Labute approximate surface area is 119 Å². The van der Waals surface area contributed by atoms with Crippen LogP contribution in [-0.2, 0) is 14.4 Å². The second-order valence-electron chi connectivity index (χ2n) is 5.16. The monoisotopic (exact) mass is 281 g/mol. The number of carbonyl (C=O) groups excluding carboxylic acids is 3. The lowest BCUT2D eigenvalue weighted by molar-refractivity contribution is -0.136. The van der Waals surface area contributed by atoms with Gasteiger partial charge in [0.2, 0.25) is 5.91 Å². The summed E-state index contributed by atoms with van der Waals surface area (Å²) in [5, 5.41) is 2.85. The molecule has 1 heterocycles. The molecule has 0 aromatic rings. The van der Waals surface area contributed by atoms with Crippen LogP contribution in [0.25, 0.3) is 0 Å². The molecule has 0 aromatic carbocycles. The molecule has 112 valence electrons. The van der Waals surface area contributed by atoms with Crippen molar-refractivity contribution in [1.82, 2.24) is 15.1 Å². The van der Waals surface area contributed by atoms with Crippen LogP contribution in [0.2, 0.25) is 0 Å². The summed E-state index contributed by atoms with van der Waals surface area (Å²) in [6.45, 7) is 1.57. The molecule has 0 unspecified atom stereocenters. The maximum Gasteiger partial charge on any atom is 0.253 e. The molecule has 0 bridgehead atoms. The largest absolute Gasteiger partial charge is 0.355 e. The highest BCUT2D eigenvalue weighted by molar-refractivity contribution is 6.12. The summed E-state index contributed by atoms with van der Waals surface area (Å²) >= 11 is 0. The van der Waals surface area contributed by atoms with Gasteiger partial charge in [0.25, 0.3) is 11.8 Å². The van der Waals surface area contributed by atoms with Crippen LogP contribution in [0.4, 0.5) is 0 Å². The number of amides is 3. The molecule has 6 nitrogen and oxygen atoms in total. The lowest BCUT2D eigenvalue weighted by Crippen LogP contribution is -2.33. The van der Waals surface area contributed by atoms with Crippen LogP contribution in [0.5, 0.6) is 0 Å². The third kappa shape index (κ3) is 5.97. The lowest BCUT2D eigenvalue weighted by atomic mass is 10.2. The van der Waals surface area contributed by atoms with Crippen LogP contribution >= 0.6 is 0 Å². The van der Waals surface area contributed by atoms with Gasteiger partial charge in [0.15, 0.2) is 0 Å². The Morgan fingerprint density at radius 1 is 1.10 bits per heavy atom. The number of nitrogens with one attached hydrogen (secondary N) is 1. The van der Waals surface area contributed by atoms with E-state index in [0.29, 0.717) is 19.6 Å². The average molecular weight is 281 g/mol. The van der Waals surface area contributed by atoms with E-state index in [4.69, 9.17) is 0 Å². The van der Waals surface area contributed by atoms with Gasteiger partial charge in [0, 0.05) is 25.2 Å². The van der Waals surface area contributed by atoms with Crippen molar-refractivity contribution in [2.24, 2.45) is 0 Å². The number of rotatable bonds is 9. The molecule has 0 saturated carbocycles. The highest BCUT2D eigenvalue weighted by Crippen LogP contribution is 2.07. The van der Waals surface area contributed by atoms with E-state index >= 15 is 0 Å². The highest BCUT2D eigenvalue weighted by Gasteiger charge is 2.21. The predicted molar refractivity (Wildman–Crippen MR) is 75.9 cm³/mol. The Kier molecular flexibility index (Phi) is 6.93. The van der Waals surface area contributed by atoms with Gasteiger partial charge in [-0.25, -0.2) is 0 Å². The van der Waals surface area contributed by atoms with Gasteiger partial charge < -0.3 is 10.2 Å². The molecule has 1 aliphatic heterocycles. The SMILES string of the molecule is CN(C)CC(=O)NCCCCCCN1C(=O)C=CC1=O. The minimum absolute atomic E-state index is 0.0364. The first-order valence-corrected chi connectivity index (χ1v) is 6.95. The smallest absolute Gasteiger partial charge is 0.253 e. The van der Waals surface area contributed by atoms with Crippen molar-refractivity contribution in [3.8, 4) is 0 Å². The van der Waals surface area contributed by atoms with Crippen LogP contribution < -0.4 is 5.32 Å².